The second-order valence-electron chi connectivity index (χ2n) is 6.01. The summed E-state index contributed by atoms with van der Waals surface area (Å²) < 4.78 is 0. The fourth-order valence-corrected chi connectivity index (χ4v) is 1.59. The van der Waals surface area contributed by atoms with Crippen LogP contribution in [0.15, 0.2) is 0 Å². The molecule has 90 valence electrons. The maximum absolute atomic E-state index is 12.1. The highest BCUT2D eigenvalue weighted by molar-refractivity contribution is 5.82. The predicted molar refractivity (Wildman–Crippen MR) is 62.6 cm³/mol. The SMILES string of the molecule is CN(C)C(=O)C(C)(C)C(C)(C)C(C)(C)O. The molecule has 0 heterocycles. The van der Waals surface area contributed by atoms with E-state index in [1.807, 2.05) is 27.7 Å². The Morgan fingerprint density at radius 1 is 1.00 bits per heavy atom. The first kappa shape index (κ1) is 14.4. The van der Waals surface area contributed by atoms with Crippen LogP contribution in [0.2, 0.25) is 0 Å². The molecule has 0 aliphatic carbocycles. The van der Waals surface area contributed by atoms with Crippen LogP contribution in [-0.4, -0.2) is 35.6 Å². The molecule has 0 saturated carbocycles. The van der Waals surface area contributed by atoms with Gasteiger partial charge in [-0.1, -0.05) is 27.7 Å². The van der Waals surface area contributed by atoms with Crippen molar-refractivity contribution >= 4 is 5.91 Å². The minimum Gasteiger partial charge on any atom is -0.390 e. The average Bonchev–Trinajstić information content (AvgIpc) is 2.00. The van der Waals surface area contributed by atoms with Crippen molar-refractivity contribution in [1.29, 1.82) is 0 Å². The van der Waals surface area contributed by atoms with E-state index in [1.165, 1.54) is 0 Å². The van der Waals surface area contributed by atoms with Crippen LogP contribution in [-0.2, 0) is 4.79 Å². The number of hydrogen-bond acceptors (Lipinski definition) is 2. The van der Waals surface area contributed by atoms with Crippen molar-refractivity contribution < 1.29 is 9.90 Å². The molecule has 0 aromatic carbocycles. The second kappa shape index (κ2) is 3.78. The Hall–Kier alpha value is -0.570. The number of rotatable bonds is 3. The first-order valence-electron chi connectivity index (χ1n) is 5.30. The van der Waals surface area contributed by atoms with Crippen molar-refractivity contribution in [2.24, 2.45) is 10.8 Å². The molecular formula is C12H25NO2. The number of hydrogen-bond donors (Lipinski definition) is 1. The van der Waals surface area contributed by atoms with E-state index in [9.17, 15) is 9.90 Å². The average molecular weight is 215 g/mol. The van der Waals surface area contributed by atoms with E-state index < -0.39 is 16.4 Å². The summed E-state index contributed by atoms with van der Waals surface area (Å²) in [6.07, 6.45) is 0. The van der Waals surface area contributed by atoms with E-state index in [0.29, 0.717) is 0 Å². The molecule has 15 heavy (non-hydrogen) atoms. The molecule has 0 aromatic heterocycles. The Morgan fingerprint density at radius 3 is 1.53 bits per heavy atom. The number of carbonyl (C=O) groups is 1. The molecule has 0 atom stereocenters. The van der Waals surface area contributed by atoms with Gasteiger partial charge in [0.2, 0.25) is 5.91 Å². The van der Waals surface area contributed by atoms with Crippen LogP contribution < -0.4 is 0 Å². The van der Waals surface area contributed by atoms with Crippen LogP contribution in [0.4, 0.5) is 0 Å². The quantitative estimate of drug-likeness (QED) is 0.781. The van der Waals surface area contributed by atoms with E-state index in [1.54, 1.807) is 32.8 Å². The van der Waals surface area contributed by atoms with Crippen molar-refractivity contribution in [2.75, 3.05) is 14.1 Å². The number of nitrogens with zero attached hydrogens (tertiary/aromatic N) is 1. The van der Waals surface area contributed by atoms with Gasteiger partial charge in [0.25, 0.3) is 0 Å². The van der Waals surface area contributed by atoms with Gasteiger partial charge in [-0.3, -0.25) is 4.79 Å². The number of amides is 1. The molecule has 0 aliphatic rings. The number of carbonyl (C=O) groups excluding carboxylic acids is 1. The molecule has 0 radical (unpaired) electrons. The van der Waals surface area contributed by atoms with E-state index in [4.69, 9.17) is 0 Å². The topological polar surface area (TPSA) is 40.5 Å². The monoisotopic (exact) mass is 215 g/mol. The molecule has 0 rings (SSSR count). The van der Waals surface area contributed by atoms with Crippen LogP contribution in [0.25, 0.3) is 0 Å². The van der Waals surface area contributed by atoms with Crippen molar-refractivity contribution in [3.05, 3.63) is 0 Å². The first-order chi connectivity index (χ1) is 6.35. The van der Waals surface area contributed by atoms with Gasteiger partial charge in [0.1, 0.15) is 0 Å². The van der Waals surface area contributed by atoms with Crippen LogP contribution in [0.1, 0.15) is 41.5 Å². The molecule has 0 bridgehead atoms. The van der Waals surface area contributed by atoms with Gasteiger partial charge in [-0.05, 0) is 13.8 Å². The summed E-state index contributed by atoms with van der Waals surface area (Å²) in [4.78, 5) is 13.6. The summed E-state index contributed by atoms with van der Waals surface area (Å²) in [5.74, 6) is 0.0367. The van der Waals surface area contributed by atoms with E-state index in [2.05, 4.69) is 0 Å². The van der Waals surface area contributed by atoms with Gasteiger partial charge >= 0.3 is 0 Å². The Bertz CT molecular complexity index is 247. The number of aliphatic hydroxyl groups is 1. The molecule has 0 unspecified atom stereocenters. The lowest BCUT2D eigenvalue weighted by molar-refractivity contribution is -0.159. The predicted octanol–water partition coefficient (Wildman–Crippen LogP) is 1.90. The molecule has 0 spiro atoms. The molecular weight excluding hydrogens is 190 g/mol. The van der Waals surface area contributed by atoms with Gasteiger partial charge < -0.3 is 10.0 Å². The van der Waals surface area contributed by atoms with Crippen molar-refractivity contribution in [3.8, 4) is 0 Å². The van der Waals surface area contributed by atoms with Crippen LogP contribution in [0.5, 0.6) is 0 Å². The van der Waals surface area contributed by atoms with E-state index >= 15 is 0 Å². The third-order valence-electron chi connectivity index (χ3n) is 4.03. The lowest BCUT2D eigenvalue weighted by Gasteiger charge is -2.48. The third-order valence-corrected chi connectivity index (χ3v) is 4.03. The van der Waals surface area contributed by atoms with Gasteiger partial charge in [0.05, 0.1) is 11.0 Å². The minimum atomic E-state index is -0.901. The fourth-order valence-electron chi connectivity index (χ4n) is 1.59. The van der Waals surface area contributed by atoms with Crippen LogP contribution in [0.3, 0.4) is 0 Å². The van der Waals surface area contributed by atoms with Crippen molar-refractivity contribution in [2.45, 2.75) is 47.1 Å². The highest BCUT2D eigenvalue weighted by Gasteiger charge is 2.51. The molecule has 0 fully saturated rings. The standard InChI is InChI=1S/C12H25NO2/c1-10(2,9(14)13(7)8)11(3,4)12(5,6)15/h15H,1-8H3. The van der Waals surface area contributed by atoms with Crippen molar-refractivity contribution in [1.82, 2.24) is 4.90 Å². The molecule has 0 aromatic rings. The molecule has 0 saturated heterocycles. The fraction of sp³-hybridized carbons (Fsp3) is 0.917. The van der Waals surface area contributed by atoms with Gasteiger partial charge in [-0.15, -0.1) is 0 Å². The van der Waals surface area contributed by atoms with Crippen LogP contribution >= 0.6 is 0 Å². The first-order valence-corrected chi connectivity index (χ1v) is 5.30. The lowest BCUT2D eigenvalue weighted by atomic mass is 9.59. The Morgan fingerprint density at radius 2 is 1.33 bits per heavy atom. The summed E-state index contributed by atoms with van der Waals surface area (Å²) in [5.41, 5.74) is -2.00. The van der Waals surface area contributed by atoms with E-state index in [-0.39, 0.29) is 5.91 Å². The summed E-state index contributed by atoms with van der Waals surface area (Å²) in [7, 11) is 3.48. The van der Waals surface area contributed by atoms with Gasteiger partial charge in [0, 0.05) is 19.5 Å². The zero-order chi connectivity index (χ0) is 12.7. The third kappa shape index (κ3) is 2.33. The lowest BCUT2D eigenvalue weighted by Crippen LogP contribution is -2.55. The van der Waals surface area contributed by atoms with Crippen molar-refractivity contribution in [3.63, 3.8) is 0 Å². The highest BCUT2D eigenvalue weighted by atomic mass is 16.3. The summed E-state index contributed by atoms with van der Waals surface area (Å²) in [5, 5.41) is 10.1. The largest absolute Gasteiger partial charge is 0.390 e. The normalized spacial score (nSPS) is 13.9. The van der Waals surface area contributed by atoms with Crippen LogP contribution in [0, 0.1) is 10.8 Å². The van der Waals surface area contributed by atoms with Gasteiger partial charge in [0.15, 0.2) is 0 Å². The molecule has 1 amide bonds. The smallest absolute Gasteiger partial charge is 0.228 e. The maximum atomic E-state index is 12.1. The zero-order valence-electron chi connectivity index (χ0n) is 11.3. The molecule has 3 nitrogen and oxygen atoms in total. The van der Waals surface area contributed by atoms with Gasteiger partial charge in [-0.2, -0.15) is 0 Å². The zero-order valence-corrected chi connectivity index (χ0v) is 11.3. The second-order valence-corrected chi connectivity index (χ2v) is 6.01. The molecule has 0 aliphatic heterocycles. The molecule has 1 N–H and O–H groups in total. The van der Waals surface area contributed by atoms with E-state index in [0.717, 1.165) is 0 Å². The Kier molecular flexibility index (Phi) is 3.64. The Balaban J connectivity index is 5.29. The summed E-state index contributed by atoms with van der Waals surface area (Å²) in [6.45, 7) is 11.1. The minimum absolute atomic E-state index is 0.0367. The molecule has 3 heteroatoms. The highest BCUT2D eigenvalue weighted by Crippen LogP contribution is 2.47. The Labute approximate surface area is 93.5 Å². The maximum Gasteiger partial charge on any atom is 0.228 e. The summed E-state index contributed by atoms with van der Waals surface area (Å²) >= 11 is 0. The van der Waals surface area contributed by atoms with Gasteiger partial charge in [-0.25, -0.2) is 0 Å². The summed E-state index contributed by atoms with van der Waals surface area (Å²) in [6, 6.07) is 0.